The van der Waals surface area contributed by atoms with Crippen LogP contribution < -0.4 is 0 Å². The Bertz CT molecular complexity index is 2160. The molecule has 0 aliphatic heterocycles. The molecule has 1 heteroatoms. The summed E-state index contributed by atoms with van der Waals surface area (Å²) < 4.78 is 2.75. The fourth-order valence-corrected chi connectivity index (χ4v) is 8.72. The van der Waals surface area contributed by atoms with Gasteiger partial charge in [0.25, 0.3) is 0 Å². The normalized spacial score (nSPS) is 14.1. The Kier molecular flexibility index (Phi) is 5.96. The predicted octanol–water partition coefficient (Wildman–Crippen LogP) is 12.2. The van der Waals surface area contributed by atoms with E-state index in [0.29, 0.717) is 0 Å². The maximum atomic E-state index is 2.49. The van der Waals surface area contributed by atoms with Crippen LogP contribution in [0.2, 0.25) is 0 Å². The second-order valence-electron chi connectivity index (χ2n) is 12.6. The Hall–Kier alpha value is -4.46. The molecule has 0 saturated carbocycles. The lowest BCUT2D eigenvalue weighted by molar-refractivity contribution is 0.660. The molecule has 1 heterocycles. The lowest BCUT2D eigenvalue weighted by atomic mass is 9.80. The molecule has 0 amide bonds. The van der Waals surface area contributed by atoms with E-state index in [0.717, 1.165) is 0 Å². The van der Waals surface area contributed by atoms with E-state index in [4.69, 9.17) is 0 Å². The maximum absolute atomic E-state index is 2.49. The number of aryl methyl sites for hydroxylation is 1. The zero-order chi connectivity index (χ0) is 29.3. The van der Waals surface area contributed by atoms with Gasteiger partial charge in [0.15, 0.2) is 0 Å². The topological polar surface area (TPSA) is 0 Å². The lowest BCUT2D eigenvalue weighted by Gasteiger charge is -2.24. The molecule has 0 bridgehead atoms. The van der Waals surface area contributed by atoms with Crippen molar-refractivity contribution in [3.05, 3.63) is 155 Å². The summed E-state index contributed by atoms with van der Waals surface area (Å²) in [4.78, 5) is 0. The van der Waals surface area contributed by atoms with E-state index >= 15 is 0 Å². The number of fused-ring (bicyclic) bond motifs is 6. The molecule has 0 fully saturated rings. The molecule has 8 rings (SSSR count). The highest BCUT2D eigenvalue weighted by Gasteiger charge is 2.36. The van der Waals surface area contributed by atoms with Crippen LogP contribution >= 0.6 is 11.3 Å². The van der Waals surface area contributed by atoms with E-state index in [-0.39, 0.29) is 11.3 Å². The molecule has 6 aromatic carbocycles. The lowest BCUT2D eigenvalue weighted by Crippen LogP contribution is -2.15. The van der Waals surface area contributed by atoms with Crippen LogP contribution in [0, 0.1) is 6.92 Å². The first-order valence-electron chi connectivity index (χ1n) is 15.3. The van der Waals surface area contributed by atoms with Gasteiger partial charge >= 0.3 is 0 Å². The Balaban J connectivity index is 1.35. The highest BCUT2D eigenvalue weighted by Crippen LogP contribution is 2.52. The monoisotopic (exact) mass is 570 g/mol. The van der Waals surface area contributed by atoms with E-state index < -0.39 is 0 Å². The fraction of sp³-hybridized carbons (Fsp3) is 0.143. The minimum atomic E-state index is 0.00126. The average Bonchev–Trinajstić information content (AvgIpc) is 3.53. The minimum absolute atomic E-state index is 0.00126. The smallest absolute Gasteiger partial charge is 0.0399 e. The van der Waals surface area contributed by atoms with E-state index in [9.17, 15) is 0 Å². The van der Waals surface area contributed by atoms with Crippen LogP contribution in [0.25, 0.3) is 53.6 Å². The first kappa shape index (κ1) is 26.2. The molecule has 0 spiro atoms. The molecule has 0 nitrogen and oxygen atoms in total. The molecule has 0 radical (unpaired) electrons. The van der Waals surface area contributed by atoms with Gasteiger partial charge in [-0.15, -0.1) is 11.3 Å². The Morgan fingerprint density at radius 2 is 1.26 bits per heavy atom. The number of hydrogen-bond acceptors (Lipinski definition) is 1. The Labute approximate surface area is 258 Å². The first-order valence-corrected chi connectivity index (χ1v) is 16.1. The molecule has 0 N–H and O–H groups in total. The van der Waals surface area contributed by atoms with Gasteiger partial charge in [0.1, 0.15) is 0 Å². The maximum Gasteiger partial charge on any atom is 0.0399 e. The van der Waals surface area contributed by atoms with Crippen molar-refractivity contribution in [1.82, 2.24) is 0 Å². The van der Waals surface area contributed by atoms with Gasteiger partial charge in [-0.05, 0) is 80.3 Å². The fourth-order valence-electron chi connectivity index (χ4n) is 7.38. The van der Waals surface area contributed by atoms with Crippen molar-refractivity contribution < 1.29 is 0 Å². The molecule has 7 aromatic rings. The summed E-state index contributed by atoms with van der Waals surface area (Å²) in [7, 11) is 0. The molecule has 1 aromatic heterocycles. The number of thiophene rings is 1. The van der Waals surface area contributed by atoms with Crippen molar-refractivity contribution in [2.24, 2.45) is 0 Å². The summed E-state index contributed by atoms with van der Waals surface area (Å²) in [6.45, 7) is 9.42. The van der Waals surface area contributed by atoms with Crippen LogP contribution in [-0.2, 0) is 5.41 Å². The summed E-state index contributed by atoms with van der Waals surface area (Å²) >= 11 is 1.94. The first-order chi connectivity index (χ1) is 20.9. The second kappa shape index (κ2) is 9.79. The van der Waals surface area contributed by atoms with Gasteiger partial charge in [-0.3, -0.25) is 0 Å². The zero-order valence-corrected chi connectivity index (χ0v) is 25.9. The van der Waals surface area contributed by atoms with Crippen LogP contribution in [0.15, 0.2) is 127 Å². The van der Waals surface area contributed by atoms with E-state index in [1.54, 1.807) is 0 Å². The molecule has 0 saturated heterocycles. The van der Waals surface area contributed by atoms with Crippen molar-refractivity contribution in [1.29, 1.82) is 0 Å². The second-order valence-corrected chi connectivity index (χ2v) is 13.6. The number of benzene rings is 6. The van der Waals surface area contributed by atoms with Crippen molar-refractivity contribution in [2.75, 3.05) is 0 Å². The largest absolute Gasteiger partial charge is 0.135 e. The summed E-state index contributed by atoms with van der Waals surface area (Å²) in [5.74, 6) is 0.230. The summed E-state index contributed by atoms with van der Waals surface area (Å²) in [6.07, 6.45) is 0. The average molecular weight is 571 g/mol. The quantitative estimate of drug-likeness (QED) is 0.197. The van der Waals surface area contributed by atoms with Crippen LogP contribution in [0.3, 0.4) is 0 Å². The van der Waals surface area contributed by atoms with E-state index in [1.165, 1.54) is 81.4 Å². The van der Waals surface area contributed by atoms with E-state index in [2.05, 4.69) is 155 Å². The van der Waals surface area contributed by atoms with Gasteiger partial charge in [-0.1, -0.05) is 136 Å². The summed E-state index contributed by atoms with van der Waals surface area (Å²) in [6, 6.07) is 47.4. The highest BCUT2D eigenvalue weighted by atomic mass is 32.1. The Morgan fingerprint density at radius 3 is 2.07 bits per heavy atom. The van der Waals surface area contributed by atoms with Gasteiger partial charge in [-0.2, -0.15) is 0 Å². The van der Waals surface area contributed by atoms with Crippen molar-refractivity contribution in [3.63, 3.8) is 0 Å². The molecule has 1 aliphatic rings. The number of rotatable bonds is 4. The van der Waals surface area contributed by atoms with Gasteiger partial charge in [-0.25, -0.2) is 0 Å². The summed E-state index contributed by atoms with van der Waals surface area (Å²) in [5.41, 5.74) is 14.9. The van der Waals surface area contributed by atoms with Crippen LogP contribution in [0.5, 0.6) is 0 Å². The van der Waals surface area contributed by atoms with Crippen molar-refractivity contribution >= 4 is 31.5 Å². The van der Waals surface area contributed by atoms with Crippen LogP contribution in [0.4, 0.5) is 0 Å². The third kappa shape index (κ3) is 4.02. The molecular weight excluding hydrogens is 537 g/mol. The van der Waals surface area contributed by atoms with Crippen molar-refractivity contribution in [3.8, 4) is 33.4 Å². The Morgan fingerprint density at radius 1 is 0.558 bits per heavy atom. The number of hydrogen-bond donors (Lipinski definition) is 0. The summed E-state index contributed by atoms with van der Waals surface area (Å²) in [5, 5.41) is 2.71. The molecule has 43 heavy (non-hydrogen) atoms. The highest BCUT2D eigenvalue weighted by molar-refractivity contribution is 7.26. The van der Waals surface area contributed by atoms with E-state index in [1.807, 2.05) is 11.3 Å². The van der Waals surface area contributed by atoms with Gasteiger partial charge < -0.3 is 0 Å². The van der Waals surface area contributed by atoms with Crippen LogP contribution in [0.1, 0.15) is 54.5 Å². The van der Waals surface area contributed by atoms with Gasteiger partial charge in [0.05, 0.1) is 0 Å². The third-order valence-electron chi connectivity index (χ3n) is 9.75. The van der Waals surface area contributed by atoms with Gasteiger partial charge in [0, 0.05) is 31.5 Å². The predicted molar refractivity (Wildman–Crippen MR) is 186 cm³/mol. The molecular formula is C42H34S. The molecule has 208 valence electrons. The SMILES string of the molecule is Cc1cc2c(cc1-c1ccc3c(sc4ccccc43)c1C(C)c1ccc(-c3ccccc3)cc1)-c1ccccc1C2(C)C. The van der Waals surface area contributed by atoms with Crippen LogP contribution in [-0.4, -0.2) is 0 Å². The van der Waals surface area contributed by atoms with Gasteiger partial charge in [0.2, 0.25) is 0 Å². The minimum Gasteiger partial charge on any atom is -0.135 e. The molecule has 1 aliphatic carbocycles. The third-order valence-corrected chi connectivity index (χ3v) is 11.0. The zero-order valence-electron chi connectivity index (χ0n) is 25.1. The van der Waals surface area contributed by atoms with Crippen molar-refractivity contribution in [2.45, 2.75) is 39.0 Å². The molecule has 1 unspecified atom stereocenters. The standard InChI is InChI=1S/C42H34S/c1-26-24-38-36(31-14-8-10-16-37(31)42(38,3)4)25-35(26)33-22-23-34-32-15-9-11-17-39(32)43-41(34)40(33)27(2)28-18-20-30(21-19-28)29-12-6-5-7-13-29/h5-25,27H,1-4H3. The molecule has 1 atom stereocenters.